The van der Waals surface area contributed by atoms with Gasteiger partial charge in [-0.05, 0) is 60.0 Å². The Balaban J connectivity index is 0.00000616. The number of hydrogen-bond donors (Lipinski definition) is 5. The van der Waals surface area contributed by atoms with Crippen LogP contribution in [-0.2, 0) is 16.0 Å². The molecule has 0 radical (unpaired) electrons. The standard InChI is InChI=1S/C31H37N5O5.Li/c1-20(2)17-25(19-28(38)35-36-29(30(39)40)23-10-5-4-6-11-23)32-27(37)18-22-13-15-24(16-14-22)33-31(41)34-26-12-8-7-9-21(26)3;/h4-16,20,25,29,36H,17-19H2,1-3H3,(H,32,37)(H,35,38)(H,39,40)(H2,33,34,41);/q;+1/p-1/t25-,29+;/m0./s1. The van der Waals surface area contributed by atoms with Crippen LogP contribution in [0.5, 0.6) is 0 Å². The molecule has 0 unspecified atom stereocenters. The summed E-state index contributed by atoms with van der Waals surface area (Å²) >= 11 is 0. The third kappa shape index (κ3) is 11.4. The molecule has 3 aromatic carbocycles. The van der Waals surface area contributed by atoms with E-state index in [0.717, 1.165) is 5.56 Å². The van der Waals surface area contributed by atoms with E-state index in [1.165, 1.54) is 0 Å². The Bertz CT molecular complexity index is 1350. The molecule has 0 fully saturated rings. The minimum Gasteiger partial charge on any atom is -0.862 e. The zero-order valence-corrected chi connectivity index (χ0v) is 24.4. The minimum absolute atomic E-state index is 0. The van der Waals surface area contributed by atoms with Crippen LogP contribution >= 0.6 is 0 Å². The molecule has 0 aliphatic heterocycles. The number of carboxylic acid groups (broad SMARTS) is 1. The van der Waals surface area contributed by atoms with E-state index in [1.54, 1.807) is 54.6 Å². The summed E-state index contributed by atoms with van der Waals surface area (Å²) in [5.41, 5.74) is 8.45. The van der Waals surface area contributed by atoms with E-state index in [4.69, 9.17) is 0 Å². The van der Waals surface area contributed by atoms with Crippen molar-refractivity contribution in [3.05, 3.63) is 95.6 Å². The van der Waals surface area contributed by atoms with Crippen molar-refractivity contribution in [1.82, 2.24) is 10.9 Å². The number of amides is 3. The van der Waals surface area contributed by atoms with Crippen LogP contribution in [0.15, 0.2) is 83.9 Å². The van der Waals surface area contributed by atoms with Gasteiger partial charge in [-0.2, -0.15) is 0 Å². The predicted octanol–water partition coefficient (Wildman–Crippen LogP) is 1.20. The molecule has 0 aliphatic carbocycles. The zero-order chi connectivity index (χ0) is 29.8. The number of para-hydroxylation sites is 1. The molecule has 0 spiro atoms. The van der Waals surface area contributed by atoms with Gasteiger partial charge in [-0.15, -0.1) is 0 Å². The van der Waals surface area contributed by atoms with Crippen LogP contribution in [0.25, 0.3) is 0 Å². The van der Waals surface area contributed by atoms with Gasteiger partial charge in [-0.3, -0.25) is 15.0 Å². The van der Waals surface area contributed by atoms with Gasteiger partial charge in [-0.25, -0.2) is 10.2 Å². The van der Waals surface area contributed by atoms with E-state index in [-0.39, 0.29) is 49.5 Å². The summed E-state index contributed by atoms with van der Waals surface area (Å²) in [5, 5.41) is 27.8. The van der Waals surface area contributed by atoms with Gasteiger partial charge in [0.1, 0.15) is 6.04 Å². The van der Waals surface area contributed by atoms with E-state index >= 15 is 0 Å². The number of carboxylic acids is 1. The summed E-state index contributed by atoms with van der Waals surface area (Å²) in [6.07, 6.45) is 0.481. The largest absolute Gasteiger partial charge is 1.00 e. The molecule has 11 heteroatoms. The Morgan fingerprint density at radius 1 is 0.905 bits per heavy atom. The molecule has 0 heterocycles. The van der Waals surface area contributed by atoms with E-state index < -0.39 is 24.0 Å². The fourth-order valence-electron chi connectivity index (χ4n) is 4.20. The number of aryl methyl sites for hydroxylation is 1. The van der Waals surface area contributed by atoms with Crippen LogP contribution in [0.1, 0.15) is 49.4 Å². The van der Waals surface area contributed by atoms with Crippen molar-refractivity contribution in [3.63, 3.8) is 0 Å². The molecule has 2 atom stereocenters. The molecule has 216 valence electrons. The van der Waals surface area contributed by atoms with Gasteiger partial charge in [0.05, 0.1) is 12.5 Å². The zero-order valence-electron chi connectivity index (χ0n) is 24.4. The summed E-state index contributed by atoms with van der Waals surface area (Å²) in [4.78, 5) is 40.9. The third-order valence-corrected chi connectivity index (χ3v) is 6.19. The van der Waals surface area contributed by atoms with Gasteiger partial charge >= 0.3 is 30.9 Å². The van der Waals surface area contributed by atoms with Crippen molar-refractivity contribution in [2.24, 2.45) is 10.9 Å². The number of carbonyl (C=O) groups is 3. The third-order valence-electron chi connectivity index (χ3n) is 6.19. The number of aliphatic carboxylic acids is 1. The van der Waals surface area contributed by atoms with Gasteiger partial charge in [-0.1, -0.05) is 74.5 Å². The molecule has 5 N–H and O–H groups in total. The van der Waals surface area contributed by atoms with Crippen molar-refractivity contribution in [1.29, 1.82) is 0 Å². The molecular weight excluding hydrogens is 529 g/mol. The summed E-state index contributed by atoms with van der Waals surface area (Å²) in [6.45, 7) is 5.85. The molecule has 42 heavy (non-hydrogen) atoms. The van der Waals surface area contributed by atoms with E-state index in [2.05, 4.69) is 26.5 Å². The summed E-state index contributed by atoms with van der Waals surface area (Å²) in [5.74, 6) is -1.79. The Labute approximate surface area is 258 Å². The Morgan fingerprint density at radius 2 is 1.55 bits per heavy atom. The number of hydrazine groups is 1. The second-order valence-corrected chi connectivity index (χ2v) is 10.2. The molecule has 0 saturated carbocycles. The SMILES string of the molecule is Cc1ccccc1NC(=O)Nc1ccc(CC([O-])=N[C@H](CC(=O)NN[C@@H](C(=O)O)c2ccccc2)CC(C)C)cc1.[Li+]. The Morgan fingerprint density at radius 3 is 2.17 bits per heavy atom. The molecule has 0 aliphatic rings. The van der Waals surface area contributed by atoms with Gasteiger partial charge in [0.25, 0.3) is 0 Å². The van der Waals surface area contributed by atoms with Crippen LogP contribution in [0, 0.1) is 12.8 Å². The number of nitrogens with one attached hydrogen (secondary N) is 4. The smallest absolute Gasteiger partial charge is 0.862 e. The number of nitrogens with zero attached hydrogens (tertiary/aromatic N) is 1. The van der Waals surface area contributed by atoms with Crippen molar-refractivity contribution in [2.45, 2.75) is 52.1 Å². The summed E-state index contributed by atoms with van der Waals surface area (Å²) < 4.78 is 0. The van der Waals surface area contributed by atoms with Crippen molar-refractivity contribution in [3.8, 4) is 0 Å². The number of hydrogen-bond acceptors (Lipinski definition) is 6. The normalized spacial score (nSPS) is 12.5. The Kier molecular flexibility index (Phi) is 13.8. The predicted molar refractivity (Wildman–Crippen MR) is 157 cm³/mol. The number of carbonyl (C=O) groups excluding carboxylic acids is 2. The van der Waals surface area contributed by atoms with Crippen molar-refractivity contribution >= 4 is 35.2 Å². The van der Waals surface area contributed by atoms with Gasteiger partial charge < -0.3 is 25.8 Å². The number of benzene rings is 3. The quantitative estimate of drug-likeness (QED) is 0.0908. The molecule has 3 rings (SSSR count). The van der Waals surface area contributed by atoms with E-state index in [9.17, 15) is 24.6 Å². The number of urea groups is 1. The molecular formula is C31H36LiN5O5. The molecule has 3 amide bonds. The fourth-order valence-corrected chi connectivity index (χ4v) is 4.20. The molecule has 0 bridgehead atoms. The average molecular weight is 566 g/mol. The number of anilines is 2. The fraction of sp³-hybridized carbons (Fsp3) is 0.290. The van der Waals surface area contributed by atoms with Gasteiger partial charge in [0, 0.05) is 17.8 Å². The first kappa shape index (κ1) is 34.1. The van der Waals surface area contributed by atoms with E-state index in [0.29, 0.717) is 28.9 Å². The maximum atomic E-state index is 12.8. The maximum absolute atomic E-state index is 12.8. The van der Waals surface area contributed by atoms with Crippen LogP contribution in [0.4, 0.5) is 16.2 Å². The monoisotopic (exact) mass is 565 g/mol. The first-order valence-electron chi connectivity index (χ1n) is 13.4. The number of rotatable bonds is 13. The topological polar surface area (TPSA) is 155 Å². The van der Waals surface area contributed by atoms with Crippen molar-refractivity contribution in [2.75, 3.05) is 10.6 Å². The first-order chi connectivity index (χ1) is 19.6. The minimum atomic E-state index is -1.14. The van der Waals surface area contributed by atoms with Crippen molar-refractivity contribution < 1.29 is 43.5 Å². The van der Waals surface area contributed by atoms with Gasteiger partial charge in [0.2, 0.25) is 5.91 Å². The molecule has 3 aromatic rings. The summed E-state index contributed by atoms with van der Waals surface area (Å²) in [6, 6.07) is 20.8. The second-order valence-electron chi connectivity index (χ2n) is 10.2. The number of aliphatic imine (C=N–C) groups is 1. The molecule has 0 aromatic heterocycles. The molecule has 0 saturated heterocycles. The van der Waals surface area contributed by atoms with E-state index in [1.807, 2.05) is 45.0 Å². The van der Waals surface area contributed by atoms with Crippen LogP contribution in [0.2, 0.25) is 0 Å². The van der Waals surface area contributed by atoms with Crippen LogP contribution < -0.4 is 45.5 Å². The Hall–Kier alpha value is -4.10. The maximum Gasteiger partial charge on any atom is 1.00 e. The second kappa shape index (κ2) is 17.0. The first-order valence-corrected chi connectivity index (χ1v) is 13.4. The van der Waals surface area contributed by atoms with Crippen LogP contribution in [-0.4, -0.2) is 35.0 Å². The van der Waals surface area contributed by atoms with Crippen LogP contribution in [0.3, 0.4) is 0 Å². The molecule has 10 nitrogen and oxygen atoms in total. The van der Waals surface area contributed by atoms with Gasteiger partial charge in [0.15, 0.2) is 0 Å². The summed E-state index contributed by atoms with van der Waals surface area (Å²) in [7, 11) is 0. The average Bonchev–Trinajstić information content (AvgIpc) is 2.91.